The zero-order valence-electron chi connectivity index (χ0n) is 12.8. The summed E-state index contributed by atoms with van der Waals surface area (Å²) in [5.41, 5.74) is 5.98. The van der Waals surface area contributed by atoms with Gasteiger partial charge in [-0.3, -0.25) is 9.79 Å². The zero-order valence-corrected chi connectivity index (χ0v) is 12.8. The lowest BCUT2D eigenvalue weighted by atomic mass is 10.1. The van der Waals surface area contributed by atoms with Gasteiger partial charge in [-0.05, 0) is 39.0 Å². The summed E-state index contributed by atoms with van der Waals surface area (Å²) in [5, 5.41) is 0. The van der Waals surface area contributed by atoms with Crippen molar-refractivity contribution in [2.24, 2.45) is 10.7 Å². The van der Waals surface area contributed by atoms with E-state index in [9.17, 15) is 4.79 Å². The van der Waals surface area contributed by atoms with Crippen molar-refractivity contribution in [3.8, 4) is 0 Å². The highest BCUT2D eigenvalue weighted by atomic mass is 16.5. The van der Waals surface area contributed by atoms with E-state index in [0.717, 1.165) is 45.3 Å². The van der Waals surface area contributed by atoms with Crippen molar-refractivity contribution < 1.29 is 9.53 Å². The molecule has 0 amide bonds. The first-order valence-corrected chi connectivity index (χ1v) is 7.94. The van der Waals surface area contributed by atoms with Gasteiger partial charge >= 0.3 is 5.97 Å². The number of hydrogen-bond acceptors (Lipinski definition) is 3. The third kappa shape index (κ3) is 7.36. The highest BCUT2D eigenvalue weighted by Gasteiger charge is 2.11. The molecule has 5 heteroatoms. The number of hydrogen-bond donors (Lipinski definition) is 1. The molecule has 0 aromatic carbocycles. The van der Waals surface area contributed by atoms with Gasteiger partial charge in [0.25, 0.3) is 0 Å². The Morgan fingerprint density at radius 1 is 1.15 bits per heavy atom. The van der Waals surface area contributed by atoms with Crippen LogP contribution in [0.5, 0.6) is 0 Å². The predicted octanol–water partition coefficient (Wildman–Crippen LogP) is 2.30. The molecule has 0 saturated carbocycles. The van der Waals surface area contributed by atoms with Crippen LogP contribution in [-0.2, 0) is 9.53 Å². The zero-order chi connectivity index (χ0) is 14.6. The molecule has 1 aliphatic rings. The number of esters is 1. The highest BCUT2D eigenvalue weighted by molar-refractivity contribution is 5.78. The third-order valence-electron chi connectivity index (χ3n) is 3.55. The maximum atomic E-state index is 11.1. The van der Waals surface area contributed by atoms with Gasteiger partial charge in [0.1, 0.15) is 0 Å². The van der Waals surface area contributed by atoms with E-state index in [2.05, 4.69) is 9.89 Å². The Morgan fingerprint density at radius 2 is 1.85 bits per heavy atom. The molecular weight excluding hydrogens is 254 g/mol. The molecule has 1 heterocycles. The molecule has 1 aliphatic heterocycles. The molecule has 5 nitrogen and oxygen atoms in total. The van der Waals surface area contributed by atoms with E-state index in [-0.39, 0.29) is 5.97 Å². The molecule has 0 radical (unpaired) electrons. The molecule has 0 spiro atoms. The van der Waals surface area contributed by atoms with E-state index in [1.165, 1.54) is 19.3 Å². The van der Waals surface area contributed by atoms with Crippen molar-refractivity contribution in [3.63, 3.8) is 0 Å². The van der Waals surface area contributed by atoms with E-state index in [4.69, 9.17) is 10.5 Å². The predicted molar refractivity (Wildman–Crippen MR) is 81.6 cm³/mol. The summed E-state index contributed by atoms with van der Waals surface area (Å²) in [6, 6.07) is 0. The van der Waals surface area contributed by atoms with Crippen molar-refractivity contribution in [2.75, 3.05) is 26.2 Å². The molecule has 1 rings (SSSR count). The smallest absolute Gasteiger partial charge is 0.305 e. The average molecular weight is 283 g/mol. The van der Waals surface area contributed by atoms with Gasteiger partial charge < -0.3 is 15.4 Å². The largest absolute Gasteiger partial charge is 0.466 e. The van der Waals surface area contributed by atoms with Crippen LogP contribution in [0.1, 0.15) is 58.3 Å². The molecular formula is C15H29N3O2. The molecule has 0 bridgehead atoms. The number of nitrogens with zero attached hydrogens (tertiary/aromatic N) is 2. The Morgan fingerprint density at radius 3 is 2.55 bits per heavy atom. The monoisotopic (exact) mass is 283 g/mol. The van der Waals surface area contributed by atoms with E-state index in [1.807, 2.05) is 6.92 Å². The Labute approximate surface area is 122 Å². The molecule has 1 saturated heterocycles. The lowest BCUT2D eigenvalue weighted by Crippen LogP contribution is -2.40. The SMILES string of the molecule is CCOC(=O)CCCCCCN=C(N)N1CCCCC1. The van der Waals surface area contributed by atoms with Gasteiger partial charge in [-0.1, -0.05) is 12.8 Å². The van der Waals surface area contributed by atoms with E-state index in [1.54, 1.807) is 0 Å². The minimum Gasteiger partial charge on any atom is -0.466 e. The van der Waals surface area contributed by atoms with Gasteiger partial charge in [0.05, 0.1) is 6.61 Å². The molecule has 0 atom stereocenters. The van der Waals surface area contributed by atoms with Gasteiger partial charge in [0.2, 0.25) is 0 Å². The topological polar surface area (TPSA) is 67.9 Å². The first-order valence-electron chi connectivity index (χ1n) is 7.94. The molecule has 0 unspecified atom stereocenters. The summed E-state index contributed by atoms with van der Waals surface area (Å²) in [6.45, 7) is 5.21. The van der Waals surface area contributed by atoms with Crippen molar-refractivity contribution in [1.82, 2.24) is 4.90 Å². The first kappa shape index (κ1) is 16.8. The molecule has 0 aromatic heterocycles. The fourth-order valence-electron chi connectivity index (χ4n) is 2.38. The Hall–Kier alpha value is -1.26. The van der Waals surface area contributed by atoms with Crippen LogP contribution in [0, 0.1) is 0 Å². The maximum absolute atomic E-state index is 11.1. The van der Waals surface area contributed by atoms with E-state index in [0.29, 0.717) is 19.0 Å². The average Bonchev–Trinajstić information content (AvgIpc) is 2.47. The lowest BCUT2D eigenvalue weighted by Gasteiger charge is -2.27. The van der Waals surface area contributed by atoms with Crippen LogP contribution in [0.4, 0.5) is 0 Å². The number of carbonyl (C=O) groups excluding carboxylic acids is 1. The van der Waals surface area contributed by atoms with E-state index >= 15 is 0 Å². The van der Waals surface area contributed by atoms with Gasteiger partial charge in [0, 0.05) is 26.1 Å². The molecule has 1 fully saturated rings. The second-order valence-electron chi connectivity index (χ2n) is 5.26. The van der Waals surface area contributed by atoms with E-state index < -0.39 is 0 Å². The summed E-state index contributed by atoms with van der Waals surface area (Å²) in [6.07, 6.45) is 8.39. The summed E-state index contributed by atoms with van der Waals surface area (Å²) in [7, 11) is 0. The standard InChI is InChI=1S/C15H29N3O2/c1-2-20-14(19)10-6-3-4-7-11-17-15(16)18-12-8-5-9-13-18/h2-13H2,1H3,(H2,16,17). The van der Waals surface area contributed by atoms with Crippen molar-refractivity contribution in [3.05, 3.63) is 0 Å². The van der Waals surface area contributed by atoms with Gasteiger partial charge in [-0.15, -0.1) is 0 Å². The van der Waals surface area contributed by atoms with Crippen molar-refractivity contribution in [1.29, 1.82) is 0 Å². The molecule has 0 aromatic rings. The number of aliphatic imine (C=N–C) groups is 1. The van der Waals surface area contributed by atoms with Crippen LogP contribution in [-0.4, -0.2) is 43.1 Å². The van der Waals surface area contributed by atoms with Crippen LogP contribution < -0.4 is 5.73 Å². The summed E-state index contributed by atoms with van der Waals surface area (Å²) in [4.78, 5) is 17.8. The molecule has 2 N–H and O–H groups in total. The normalized spacial score (nSPS) is 16.2. The number of carbonyl (C=O) groups is 1. The maximum Gasteiger partial charge on any atom is 0.305 e. The number of likely N-dealkylation sites (tertiary alicyclic amines) is 1. The number of unbranched alkanes of at least 4 members (excludes halogenated alkanes) is 3. The summed E-state index contributed by atoms with van der Waals surface area (Å²) < 4.78 is 4.89. The Kier molecular flexibility index (Phi) is 8.83. The lowest BCUT2D eigenvalue weighted by molar-refractivity contribution is -0.143. The van der Waals surface area contributed by atoms with Crippen molar-refractivity contribution >= 4 is 11.9 Å². The fraction of sp³-hybridized carbons (Fsp3) is 0.867. The van der Waals surface area contributed by atoms with Crippen LogP contribution in [0.15, 0.2) is 4.99 Å². The fourth-order valence-corrected chi connectivity index (χ4v) is 2.38. The number of rotatable bonds is 8. The Balaban J connectivity index is 1.99. The number of piperidine rings is 1. The third-order valence-corrected chi connectivity index (χ3v) is 3.55. The van der Waals surface area contributed by atoms with Crippen LogP contribution in [0.2, 0.25) is 0 Å². The highest BCUT2D eigenvalue weighted by Crippen LogP contribution is 2.08. The van der Waals surface area contributed by atoms with Crippen LogP contribution >= 0.6 is 0 Å². The summed E-state index contributed by atoms with van der Waals surface area (Å²) in [5.74, 6) is 0.621. The minimum atomic E-state index is -0.0835. The Bertz CT molecular complexity index is 299. The van der Waals surface area contributed by atoms with Gasteiger partial charge in [0.15, 0.2) is 5.96 Å². The van der Waals surface area contributed by atoms with Gasteiger partial charge in [-0.2, -0.15) is 0 Å². The quantitative estimate of drug-likeness (QED) is 0.321. The second-order valence-corrected chi connectivity index (χ2v) is 5.26. The first-order chi connectivity index (χ1) is 9.74. The molecule has 116 valence electrons. The minimum absolute atomic E-state index is 0.0835. The summed E-state index contributed by atoms with van der Waals surface area (Å²) >= 11 is 0. The molecule has 0 aliphatic carbocycles. The van der Waals surface area contributed by atoms with Crippen molar-refractivity contribution in [2.45, 2.75) is 58.3 Å². The number of ether oxygens (including phenoxy) is 1. The number of guanidine groups is 1. The van der Waals surface area contributed by atoms with Crippen LogP contribution in [0.25, 0.3) is 0 Å². The van der Waals surface area contributed by atoms with Crippen LogP contribution in [0.3, 0.4) is 0 Å². The second kappa shape index (κ2) is 10.5. The number of nitrogens with two attached hydrogens (primary N) is 1. The molecule has 20 heavy (non-hydrogen) atoms. The van der Waals surface area contributed by atoms with Gasteiger partial charge in [-0.25, -0.2) is 0 Å².